The van der Waals surface area contributed by atoms with Gasteiger partial charge in [-0.3, -0.25) is 4.79 Å². The largest absolute Gasteiger partial charge is 0.469 e. The van der Waals surface area contributed by atoms with Crippen LogP contribution in [0.2, 0.25) is 0 Å². The van der Waals surface area contributed by atoms with E-state index in [2.05, 4.69) is 6.58 Å². The van der Waals surface area contributed by atoms with Crippen molar-refractivity contribution in [1.82, 2.24) is 0 Å². The molecule has 2 heteroatoms. The molecular formula is C11H14O2. The molecule has 1 aromatic rings. The molecule has 0 aromatic carbocycles. The highest BCUT2D eigenvalue weighted by Gasteiger charge is 2.07. The second-order valence-electron chi connectivity index (χ2n) is 3.05. The molecule has 2 nitrogen and oxygen atoms in total. The summed E-state index contributed by atoms with van der Waals surface area (Å²) in [6.07, 6.45) is 5.68. The molecule has 0 bridgehead atoms. The normalized spacial score (nSPS) is 9.92. The number of Topliss-reactive ketones (excluding diaryl/α,β-unsaturated/α-hetero) is 1. The molecule has 0 spiro atoms. The molecule has 0 aliphatic carbocycles. The Kier molecular flexibility index (Phi) is 3.50. The third-order valence-corrected chi connectivity index (χ3v) is 1.86. The molecular weight excluding hydrogens is 164 g/mol. The third-order valence-electron chi connectivity index (χ3n) is 1.86. The summed E-state index contributed by atoms with van der Waals surface area (Å²) in [4.78, 5) is 11.4. The van der Waals surface area contributed by atoms with E-state index < -0.39 is 0 Å². The number of ketones is 1. The molecule has 70 valence electrons. The number of allylic oxidation sites excluding steroid dienone is 1. The number of carbonyl (C=O) groups is 1. The van der Waals surface area contributed by atoms with Crippen molar-refractivity contribution in [3.05, 3.63) is 36.3 Å². The van der Waals surface area contributed by atoms with Gasteiger partial charge < -0.3 is 4.42 Å². The lowest BCUT2D eigenvalue weighted by atomic mass is 10.1. The van der Waals surface area contributed by atoms with Gasteiger partial charge in [-0.05, 0) is 25.8 Å². The van der Waals surface area contributed by atoms with Crippen molar-refractivity contribution >= 4 is 5.78 Å². The summed E-state index contributed by atoms with van der Waals surface area (Å²) in [5.74, 6) is 0.936. The van der Waals surface area contributed by atoms with Crippen molar-refractivity contribution < 1.29 is 9.21 Å². The Bertz CT molecular complexity index is 297. The van der Waals surface area contributed by atoms with Crippen LogP contribution in [0.25, 0.3) is 0 Å². The Balaban J connectivity index is 2.44. The average molecular weight is 178 g/mol. The van der Waals surface area contributed by atoms with E-state index in [0.717, 1.165) is 18.6 Å². The van der Waals surface area contributed by atoms with Crippen LogP contribution in [0.4, 0.5) is 0 Å². The molecule has 1 heterocycles. The van der Waals surface area contributed by atoms with Crippen LogP contribution in [0.5, 0.6) is 0 Å². The van der Waals surface area contributed by atoms with E-state index in [4.69, 9.17) is 4.42 Å². The minimum Gasteiger partial charge on any atom is -0.469 e. The van der Waals surface area contributed by atoms with Crippen molar-refractivity contribution in [3.8, 4) is 0 Å². The number of carbonyl (C=O) groups excluding carboxylic acids is 1. The maximum atomic E-state index is 11.4. The van der Waals surface area contributed by atoms with Gasteiger partial charge >= 0.3 is 0 Å². The van der Waals surface area contributed by atoms with Gasteiger partial charge in [0.05, 0.1) is 5.56 Å². The van der Waals surface area contributed by atoms with Gasteiger partial charge in [-0.1, -0.05) is 6.08 Å². The Morgan fingerprint density at radius 2 is 2.46 bits per heavy atom. The second-order valence-corrected chi connectivity index (χ2v) is 3.05. The zero-order chi connectivity index (χ0) is 9.68. The predicted molar refractivity (Wildman–Crippen MR) is 51.8 cm³/mol. The minimum atomic E-state index is 0.152. The van der Waals surface area contributed by atoms with Gasteiger partial charge in [0.1, 0.15) is 12.0 Å². The molecule has 1 rings (SSSR count). The molecule has 13 heavy (non-hydrogen) atoms. The van der Waals surface area contributed by atoms with Crippen molar-refractivity contribution in [3.63, 3.8) is 0 Å². The van der Waals surface area contributed by atoms with Crippen LogP contribution in [0.1, 0.15) is 35.4 Å². The maximum absolute atomic E-state index is 11.4. The first kappa shape index (κ1) is 9.78. The van der Waals surface area contributed by atoms with E-state index in [-0.39, 0.29) is 5.78 Å². The van der Waals surface area contributed by atoms with Crippen LogP contribution in [-0.4, -0.2) is 5.78 Å². The van der Waals surface area contributed by atoms with Crippen molar-refractivity contribution in [2.24, 2.45) is 0 Å². The number of rotatable bonds is 5. The molecule has 0 fully saturated rings. The van der Waals surface area contributed by atoms with Crippen LogP contribution < -0.4 is 0 Å². The SMILES string of the molecule is C=CCCCC(=O)c1coc(C)c1. The molecule has 1 aromatic heterocycles. The van der Waals surface area contributed by atoms with E-state index in [1.165, 1.54) is 6.26 Å². The second kappa shape index (κ2) is 4.65. The number of unbranched alkanes of at least 4 members (excludes halogenated alkanes) is 1. The third kappa shape index (κ3) is 2.90. The summed E-state index contributed by atoms with van der Waals surface area (Å²) in [5, 5.41) is 0. The van der Waals surface area contributed by atoms with Gasteiger partial charge in [-0.15, -0.1) is 6.58 Å². The first-order chi connectivity index (χ1) is 6.24. The monoisotopic (exact) mass is 178 g/mol. The lowest BCUT2D eigenvalue weighted by molar-refractivity contribution is 0.0980. The molecule has 0 saturated heterocycles. The fourth-order valence-electron chi connectivity index (χ4n) is 1.14. The number of hydrogen-bond acceptors (Lipinski definition) is 2. The van der Waals surface area contributed by atoms with Gasteiger partial charge in [0.25, 0.3) is 0 Å². The maximum Gasteiger partial charge on any atom is 0.166 e. The Morgan fingerprint density at radius 3 is 3.00 bits per heavy atom. The minimum absolute atomic E-state index is 0.152. The molecule has 0 atom stereocenters. The van der Waals surface area contributed by atoms with E-state index in [1.807, 2.05) is 13.0 Å². The molecule has 0 radical (unpaired) electrons. The van der Waals surface area contributed by atoms with Crippen molar-refractivity contribution in [2.45, 2.75) is 26.2 Å². The highest BCUT2D eigenvalue weighted by Crippen LogP contribution is 2.10. The molecule has 0 N–H and O–H groups in total. The van der Waals surface area contributed by atoms with Gasteiger partial charge in [0.15, 0.2) is 5.78 Å². The zero-order valence-corrected chi connectivity index (χ0v) is 7.88. The van der Waals surface area contributed by atoms with Gasteiger partial charge in [0, 0.05) is 6.42 Å². The average Bonchev–Trinajstić information content (AvgIpc) is 2.52. The number of hydrogen-bond donors (Lipinski definition) is 0. The summed E-state index contributed by atoms with van der Waals surface area (Å²) in [5.41, 5.74) is 0.682. The fraction of sp³-hybridized carbons (Fsp3) is 0.364. The molecule has 0 unspecified atom stereocenters. The lowest BCUT2D eigenvalue weighted by Crippen LogP contribution is -1.95. The van der Waals surface area contributed by atoms with Crippen molar-refractivity contribution in [1.29, 1.82) is 0 Å². The smallest absolute Gasteiger partial charge is 0.166 e. The van der Waals surface area contributed by atoms with Crippen LogP contribution in [0, 0.1) is 6.92 Å². The highest BCUT2D eigenvalue weighted by molar-refractivity contribution is 5.95. The van der Waals surface area contributed by atoms with Crippen LogP contribution in [0.3, 0.4) is 0 Å². The first-order valence-electron chi connectivity index (χ1n) is 4.43. The van der Waals surface area contributed by atoms with Crippen LogP contribution >= 0.6 is 0 Å². The van der Waals surface area contributed by atoms with Gasteiger partial charge in [-0.25, -0.2) is 0 Å². The van der Waals surface area contributed by atoms with E-state index in [1.54, 1.807) is 6.07 Å². The molecule has 0 saturated carbocycles. The molecule has 0 aliphatic heterocycles. The van der Waals surface area contributed by atoms with Crippen molar-refractivity contribution in [2.75, 3.05) is 0 Å². The Labute approximate surface area is 78.3 Å². The summed E-state index contributed by atoms with van der Waals surface area (Å²) in [6.45, 7) is 5.44. The van der Waals surface area contributed by atoms with Gasteiger partial charge in [0.2, 0.25) is 0 Å². The number of furan rings is 1. The Hall–Kier alpha value is -1.31. The molecule has 0 amide bonds. The fourth-order valence-corrected chi connectivity index (χ4v) is 1.14. The van der Waals surface area contributed by atoms with Crippen LogP contribution in [0.15, 0.2) is 29.4 Å². The highest BCUT2D eigenvalue weighted by atomic mass is 16.3. The van der Waals surface area contributed by atoms with Gasteiger partial charge in [-0.2, -0.15) is 0 Å². The summed E-state index contributed by atoms with van der Waals surface area (Å²) >= 11 is 0. The van der Waals surface area contributed by atoms with Crippen LogP contribution in [-0.2, 0) is 0 Å². The molecule has 0 aliphatic rings. The standard InChI is InChI=1S/C11H14O2/c1-3-4-5-6-11(12)10-7-9(2)13-8-10/h3,7-8H,1,4-6H2,2H3. The number of aryl methyl sites for hydroxylation is 1. The predicted octanol–water partition coefficient (Wildman–Crippen LogP) is 3.13. The van der Waals surface area contributed by atoms with E-state index >= 15 is 0 Å². The topological polar surface area (TPSA) is 30.2 Å². The van der Waals surface area contributed by atoms with E-state index in [0.29, 0.717) is 12.0 Å². The zero-order valence-electron chi connectivity index (χ0n) is 7.88. The Morgan fingerprint density at radius 1 is 1.69 bits per heavy atom. The summed E-state index contributed by atoms with van der Waals surface area (Å²) in [7, 11) is 0. The first-order valence-corrected chi connectivity index (χ1v) is 4.43. The lowest BCUT2D eigenvalue weighted by Gasteiger charge is -1.93. The summed E-state index contributed by atoms with van der Waals surface area (Å²) in [6, 6.07) is 1.77. The quantitative estimate of drug-likeness (QED) is 0.394. The van der Waals surface area contributed by atoms with E-state index in [9.17, 15) is 4.79 Å². The summed E-state index contributed by atoms with van der Waals surface area (Å²) < 4.78 is 5.05.